The highest BCUT2D eigenvalue weighted by atomic mass is 16.1. The number of amidine groups is 1. The molecule has 1 aromatic heterocycles. The van der Waals surface area contributed by atoms with Crippen LogP contribution in [0.2, 0.25) is 0 Å². The zero-order chi connectivity index (χ0) is 21.7. The molecule has 0 aliphatic carbocycles. The van der Waals surface area contributed by atoms with E-state index in [0.717, 1.165) is 49.5 Å². The van der Waals surface area contributed by atoms with Crippen molar-refractivity contribution in [3.63, 3.8) is 0 Å². The van der Waals surface area contributed by atoms with Crippen LogP contribution in [0, 0.1) is 18.3 Å². The molecule has 1 aromatic carbocycles. The summed E-state index contributed by atoms with van der Waals surface area (Å²) in [7, 11) is 0. The maximum Gasteiger partial charge on any atom is 0.251 e. The smallest absolute Gasteiger partial charge is 0.251 e. The molecule has 4 N–H and O–H groups in total. The van der Waals surface area contributed by atoms with Crippen molar-refractivity contribution in [1.82, 2.24) is 14.9 Å². The molecule has 9 nitrogen and oxygen atoms in total. The maximum absolute atomic E-state index is 11.7. The molecule has 0 amide bonds. The van der Waals surface area contributed by atoms with Gasteiger partial charge in [0.15, 0.2) is 5.84 Å². The first-order valence-corrected chi connectivity index (χ1v) is 10.2. The van der Waals surface area contributed by atoms with Gasteiger partial charge in [-0.15, -0.1) is 5.11 Å². The molecule has 30 heavy (non-hydrogen) atoms. The number of piperazine rings is 1. The number of nitrogens with zero attached hydrogens (tertiary/aromatic N) is 5. The number of anilines is 1. The molecule has 9 heteroatoms. The zero-order valence-corrected chi connectivity index (χ0v) is 17.9. The van der Waals surface area contributed by atoms with Crippen LogP contribution >= 0.6 is 0 Å². The number of aryl methyl sites for hydroxylation is 1. The second-order valence-corrected chi connectivity index (χ2v) is 8.10. The van der Waals surface area contributed by atoms with E-state index in [1.54, 1.807) is 13.0 Å². The average Bonchev–Trinajstić information content (AvgIpc) is 2.67. The van der Waals surface area contributed by atoms with Crippen LogP contribution in [0.4, 0.5) is 5.69 Å². The van der Waals surface area contributed by atoms with E-state index in [2.05, 4.69) is 56.1 Å². The number of hydrogen-bond acceptors (Lipinski definition) is 6. The van der Waals surface area contributed by atoms with E-state index in [1.165, 1.54) is 5.56 Å². The first-order chi connectivity index (χ1) is 14.4. The number of hydrogen-bond donors (Lipinski definition) is 3. The minimum absolute atomic E-state index is 0.0641. The monoisotopic (exact) mass is 410 g/mol. The van der Waals surface area contributed by atoms with Gasteiger partial charge in [0.2, 0.25) is 0 Å². The molecule has 0 spiro atoms. The molecule has 0 bridgehead atoms. The molecule has 3 rings (SSSR count). The van der Waals surface area contributed by atoms with Crippen molar-refractivity contribution in [2.24, 2.45) is 22.1 Å². The first-order valence-electron chi connectivity index (χ1n) is 10.2. The molecule has 1 aliphatic heterocycles. The SMILES string of the molecule is Cc1nc(CN2CCN(c3cc(CC(C)C)ccc3C(=N)N=NN)CC2)cc(=O)[nH]1. The fourth-order valence-corrected chi connectivity index (χ4v) is 3.85. The van der Waals surface area contributed by atoms with E-state index in [1.807, 2.05) is 6.07 Å². The molecular weight excluding hydrogens is 380 g/mol. The van der Waals surface area contributed by atoms with E-state index in [-0.39, 0.29) is 11.4 Å². The molecule has 0 unspecified atom stereocenters. The molecule has 2 heterocycles. The van der Waals surface area contributed by atoms with Crippen molar-refractivity contribution in [1.29, 1.82) is 5.41 Å². The normalized spacial score (nSPS) is 15.3. The Labute approximate surface area is 176 Å². The molecule has 160 valence electrons. The van der Waals surface area contributed by atoms with E-state index in [9.17, 15) is 4.79 Å². The molecule has 1 fully saturated rings. The van der Waals surface area contributed by atoms with Crippen molar-refractivity contribution < 1.29 is 0 Å². The van der Waals surface area contributed by atoms with Crippen LogP contribution in [0.25, 0.3) is 0 Å². The van der Waals surface area contributed by atoms with Crippen molar-refractivity contribution in [2.45, 2.75) is 33.7 Å². The zero-order valence-electron chi connectivity index (χ0n) is 17.9. The lowest BCUT2D eigenvalue weighted by Gasteiger charge is -2.37. The van der Waals surface area contributed by atoms with Gasteiger partial charge in [0, 0.05) is 50.0 Å². The number of rotatable bonds is 6. The summed E-state index contributed by atoms with van der Waals surface area (Å²) in [5.74, 6) is 6.42. The van der Waals surface area contributed by atoms with Crippen LogP contribution in [0.5, 0.6) is 0 Å². The largest absolute Gasteiger partial charge is 0.368 e. The van der Waals surface area contributed by atoms with Crippen LogP contribution in [0.15, 0.2) is 39.4 Å². The second-order valence-electron chi connectivity index (χ2n) is 8.10. The van der Waals surface area contributed by atoms with Gasteiger partial charge in [-0.2, -0.15) is 0 Å². The Morgan fingerprint density at radius 1 is 1.27 bits per heavy atom. The Balaban J connectivity index is 1.75. The third kappa shape index (κ3) is 5.50. The summed E-state index contributed by atoms with van der Waals surface area (Å²) in [6.07, 6.45) is 0.979. The number of aromatic nitrogens is 2. The van der Waals surface area contributed by atoms with Gasteiger partial charge in [-0.05, 0) is 37.0 Å². The van der Waals surface area contributed by atoms with Crippen LogP contribution in [-0.4, -0.2) is 46.9 Å². The summed E-state index contributed by atoms with van der Waals surface area (Å²) < 4.78 is 0. The van der Waals surface area contributed by atoms with Gasteiger partial charge in [-0.25, -0.2) is 4.98 Å². The molecule has 0 atom stereocenters. The van der Waals surface area contributed by atoms with Crippen LogP contribution in [0.1, 0.15) is 36.5 Å². The Kier molecular flexibility index (Phi) is 6.94. The van der Waals surface area contributed by atoms with Gasteiger partial charge in [0.1, 0.15) is 5.82 Å². The van der Waals surface area contributed by atoms with E-state index >= 15 is 0 Å². The highest BCUT2D eigenvalue weighted by Crippen LogP contribution is 2.26. The highest BCUT2D eigenvalue weighted by molar-refractivity contribution is 6.02. The van der Waals surface area contributed by atoms with Crippen molar-refractivity contribution in [3.8, 4) is 0 Å². The van der Waals surface area contributed by atoms with Crippen LogP contribution in [0.3, 0.4) is 0 Å². The minimum atomic E-state index is -0.115. The van der Waals surface area contributed by atoms with E-state index < -0.39 is 0 Å². The van der Waals surface area contributed by atoms with E-state index in [4.69, 9.17) is 11.3 Å². The van der Waals surface area contributed by atoms with Crippen molar-refractivity contribution >= 4 is 11.5 Å². The molecule has 0 saturated carbocycles. The lowest BCUT2D eigenvalue weighted by Crippen LogP contribution is -2.46. The predicted molar refractivity (Wildman–Crippen MR) is 118 cm³/mol. The minimum Gasteiger partial charge on any atom is -0.368 e. The first kappa shape index (κ1) is 21.6. The van der Waals surface area contributed by atoms with Gasteiger partial charge in [-0.1, -0.05) is 25.1 Å². The average molecular weight is 411 g/mol. The summed E-state index contributed by atoms with van der Waals surface area (Å²) in [5.41, 5.74) is 3.64. The number of nitrogens with two attached hydrogens (primary N) is 1. The molecule has 1 aliphatic rings. The topological polar surface area (TPSA) is 127 Å². The van der Waals surface area contributed by atoms with Gasteiger partial charge < -0.3 is 15.7 Å². The predicted octanol–water partition coefficient (Wildman–Crippen LogP) is 2.25. The van der Waals surface area contributed by atoms with E-state index in [0.29, 0.717) is 18.3 Å². The van der Waals surface area contributed by atoms with Gasteiger partial charge in [0.25, 0.3) is 5.56 Å². The summed E-state index contributed by atoms with van der Waals surface area (Å²) in [6, 6.07) is 7.72. The summed E-state index contributed by atoms with van der Waals surface area (Å²) in [4.78, 5) is 23.4. The summed E-state index contributed by atoms with van der Waals surface area (Å²) in [6.45, 7) is 10.1. The number of nitrogens with one attached hydrogen (secondary N) is 2. The molecule has 2 aromatic rings. The Morgan fingerprint density at radius 3 is 2.63 bits per heavy atom. The van der Waals surface area contributed by atoms with Gasteiger partial charge in [-0.3, -0.25) is 15.1 Å². The maximum atomic E-state index is 11.7. The number of benzene rings is 1. The lowest BCUT2D eigenvalue weighted by atomic mass is 9.99. The standard InChI is InChI=1S/C21H30N8O/c1-14(2)10-16-4-5-18(21(22)26-27-23)19(11-16)29-8-6-28(7-9-29)13-17-12-20(30)25-15(3)24-17/h4-5,11-12,14H,6-10,13H2,1-3H3,(H3,22,23,26)(H,24,25,30). The Morgan fingerprint density at radius 2 is 2.00 bits per heavy atom. The Hall–Kier alpha value is -3.07. The van der Waals surface area contributed by atoms with Gasteiger partial charge >= 0.3 is 0 Å². The van der Waals surface area contributed by atoms with Gasteiger partial charge in [0.05, 0.1) is 5.69 Å². The van der Waals surface area contributed by atoms with Crippen LogP contribution < -0.4 is 16.3 Å². The number of aromatic amines is 1. The fourth-order valence-electron chi connectivity index (χ4n) is 3.85. The lowest BCUT2D eigenvalue weighted by molar-refractivity contribution is 0.246. The van der Waals surface area contributed by atoms with Crippen LogP contribution in [-0.2, 0) is 13.0 Å². The Bertz CT molecular complexity index is 973. The molecule has 1 saturated heterocycles. The molecule has 0 radical (unpaired) electrons. The highest BCUT2D eigenvalue weighted by Gasteiger charge is 2.22. The molecular formula is C21H30N8O. The summed E-state index contributed by atoms with van der Waals surface area (Å²) >= 11 is 0. The third-order valence-electron chi connectivity index (χ3n) is 5.13. The van der Waals surface area contributed by atoms with Crippen molar-refractivity contribution in [2.75, 3.05) is 31.1 Å². The summed E-state index contributed by atoms with van der Waals surface area (Å²) in [5, 5.41) is 15.2. The quantitative estimate of drug-likeness (QED) is 0.221. The fraction of sp³-hybridized carbons (Fsp3) is 0.476. The van der Waals surface area contributed by atoms with Crippen molar-refractivity contribution in [3.05, 3.63) is 57.3 Å². The second kappa shape index (κ2) is 9.62. The third-order valence-corrected chi connectivity index (χ3v) is 5.13. The number of H-pyrrole nitrogens is 1.